The summed E-state index contributed by atoms with van der Waals surface area (Å²) in [7, 11) is -0.854. The predicted octanol–water partition coefficient (Wildman–Crippen LogP) is 6.38. The molecule has 0 amide bonds. The normalized spacial score (nSPS) is 11.9. The Balaban J connectivity index is 1.82. The van der Waals surface area contributed by atoms with Crippen molar-refractivity contribution < 1.29 is 31.1 Å². The zero-order valence-electron chi connectivity index (χ0n) is 20.8. The lowest BCUT2D eigenvalue weighted by molar-refractivity contribution is 0.104. The molecule has 0 aliphatic carbocycles. The van der Waals surface area contributed by atoms with Crippen LogP contribution in [0.4, 0.5) is 13.2 Å². The van der Waals surface area contributed by atoms with E-state index in [2.05, 4.69) is 0 Å². The van der Waals surface area contributed by atoms with Crippen molar-refractivity contribution in [2.24, 2.45) is 0 Å². The molecule has 198 valence electrons. The van der Waals surface area contributed by atoms with Crippen LogP contribution in [0.5, 0.6) is 11.5 Å². The summed E-state index contributed by atoms with van der Waals surface area (Å²) in [5, 5.41) is 0.106. The first-order valence-electron chi connectivity index (χ1n) is 11.2. The molecule has 0 saturated heterocycles. The van der Waals surface area contributed by atoms with Crippen LogP contribution in [0, 0.1) is 24.4 Å². The first-order chi connectivity index (χ1) is 17.9. The number of halogens is 3. The minimum absolute atomic E-state index is 0.0849. The summed E-state index contributed by atoms with van der Waals surface area (Å²) in [6, 6.07) is 10.6. The van der Waals surface area contributed by atoms with E-state index in [1.54, 1.807) is 44.3 Å². The number of ketones is 1. The predicted molar refractivity (Wildman–Crippen MR) is 141 cm³/mol. The van der Waals surface area contributed by atoms with Gasteiger partial charge in [-0.15, -0.1) is 11.8 Å². The lowest BCUT2D eigenvalue weighted by atomic mass is 10.1. The van der Waals surface area contributed by atoms with Crippen molar-refractivity contribution in [2.75, 3.05) is 20.4 Å². The molecule has 0 N–H and O–H groups in total. The standard InChI is InChI=1S/C27H23F3N2O4S2/c1-16-5-8-18(9-6-16)38(34,35)32-14-11-19-25(32)23(29)24(30)26(27(19)37-4)36-17-7-10-21(28)20(15-17)22(33)12-13-31(2)3/h5-15H,1-4H3/b13-12+. The molecule has 0 radical (unpaired) electrons. The number of hydrogen-bond donors (Lipinski definition) is 0. The van der Waals surface area contributed by atoms with E-state index in [0.29, 0.717) is 3.97 Å². The van der Waals surface area contributed by atoms with Gasteiger partial charge in [-0.25, -0.2) is 21.2 Å². The van der Waals surface area contributed by atoms with E-state index in [1.807, 2.05) is 0 Å². The number of rotatable bonds is 8. The number of carbonyl (C=O) groups excluding carboxylic acids is 1. The Kier molecular flexibility index (Phi) is 7.61. The second kappa shape index (κ2) is 10.6. The van der Waals surface area contributed by atoms with Gasteiger partial charge < -0.3 is 9.64 Å². The Bertz CT molecular complexity index is 1680. The maximum atomic E-state index is 15.5. The molecule has 6 nitrogen and oxygen atoms in total. The van der Waals surface area contributed by atoms with Crippen LogP contribution in [0.25, 0.3) is 10.9 Å². The van der Waals surface area contributed by atoms with Crippen LogP contribution < -0.4 is 4.74 Å². The minimum atomic E-state index is -4.24. The molecule has 0 fully saturated rings. The highest BCUT2D eigenvalue weighted by atomic mass is 32.2. The number of benzene rings is 3. The number of thioether (sulfide) groups is 1. The maximum Gasteiger partial charge on any atom is 0.268 e. The number of ether oxygens (including phenoxy) is 1. The fraction of sp³-hybridized carbons (Fsp3) is 0.148. The van der Waals surface area contributed by atoms with Crippen LogP contribution in [0.3, 0.4) is 0 Å². The Morgan fingerprint density at radius 2 is 1.71 bits per heavy atom. The summed E-state index contributed by atoms with van der Waals surface area (Å²) in [5.41, 5.74) is 0.0524. The lowest BCUT2D eigenvalue weighted by Crippen LogP contribution is -2.13. The van der Waals surface area contributed by atoms with E-state index >= 15 is 8.78 Å². The van der Waals surface area contributed by atoms with Gasteiger partial charge in [-0.05, 0) is 49.6 Å². The number of aryl methyl sites for hydroxylation is 1. The van der Waals surface area contributed by atoms with E-state index in [4.69, 9.17) is 4.74 Å². The lowest BCUT2D eigenvalue weighted by Gasteiger charge is -2.15. The summed E-state index contributed by atoms with van der Waals surface area (Å²) < 4.78 is 78.0. The van der Waals surface area contributed by atoms with Gasteiger partial charge in [0.15, 0.2) is 17.3 Å². The molecule has 0 aliphatic heterocycles. The molecule has 4 aromatic rings. The van der Waals surface area contributed by atoms with Gasteiger partial charge in [-0.2, -0.15) is 4.39 Å². The number of aromatic nitrogens is 1. The van der Waals surface area contributed by atoms with Crippen molar-refractivity contribution in [3.8, 4) is 11.5 Å². The molecule has 0 aliphatic rings. The van der Waals surface area contributed by atoms with Gasteiger partial charge in [0.05, 0.1) is 15.4 Å². The molecule has 0 saturated carbocycles. The first-order valence-corrected chi connectivity index (χ1v) is 13.9. The molecule has 3 aromatic carbocycles. The van der Waals surface area contributed by atoms with Crippen molar-refractivity contribution in [3.05, 3.63) is 95.6 Å². The Labute approximate surface area is 222 Å². The number of allylic oxidation sites excluding steroid dienone is 1. The van der Waals surface area contributed by atoms with Crippen molar-refractivity contribution in [1.82, 2.24) is 8.87 Å². The summed E-state index contributed by atoms with van der Waals surface area (Å²) >= 11 is 1.02. The number of carbonyl (C=O) groups is 1. The Hall–Kier alpha value is -3.70. The SMILES string of the molecule is CSc1c(Oc2ccc(F)c(C(=O)/C=C/N(C)C)c2)c(F)c(F)c2c1ccn2S(=O)(=O)c1ccc(C)cc1. The molecule has 1 heterocycles. The van der Waals surface area contributed by atoms with Gasteiger partial charge in [0.25, 0.3) is 10.0 Å². The van der Waals surface area contributed by atoms with Gasteiger partial charge >= 0.3 is 0 Å². The van der Waals surface area contributed by atoms with Gasteiger partial charge in [-0.1, -0.05) is 17.7 Å². The zero-order chi connectivity index (χ0) is 27.8. The molecule has 11 heteroatoms. The van der Waals surface area contributed by atoms with Gasteiger partial charge in [0.1, 0.15) is 17.1 Å². The molecule has 4 rings (SSSR count). The summed E-state index contributed by atoms with van der Waals surface area (Å²) in [6.45, 7) is 1.79. The first kappa shape index (κ1) is 27.3. The van der Waals surface area contributed by atoms with E-state index in [9.17, 15) is 17.6 Å². The Morgan fingerprint density at radius 1 is 1.03 bits per heavy atom. The maximum absolute atomic E-state index is 15.5. The van der Waals surface area contributed by atoms with Crippen molar-refractivity contribution in [1.29, 1.82) is 0 Å². The van der Waals surface area contributed by atoms with Crippen molar-refractivity contribution in [2.45, 2.75) is 16.7 Å². The molecule has 1 aromatic heterocycles. The summed E-state index contributed by atoms with van der Waals surface area (Å²) in [5.74, 6) is -4.93. The van der Waals surface area contributed by atoms with E-state index in [1.165, 1.54) is 36.5 Å². The third kappa shape index (κ3) is 5.03. The Morgan fingerprint density at radius 3 is 2.34 bits per heavy atom. The van der Waals surface area contributed by atoms with Crippen LogP contribution in [-0.4, -0.2) is 43.4 Å². The summed E-state index contributed by atoms with van der Waals surface area (Å²) in [4.78, 5) is 14.1. The third-order valence-corrected chi connectivity index (χ3v) is 8.14. The number of hydrogen-bond acceptors (Lipinski definition) is 6. The molecule has 0 bridgehead atoms. The second-order valence-corrected chi connectivity index (χ2v) is 11.2. The fourth-order valence-corrected chi connectivity index (χ4v) is 5.79. The van der Waals surface area contributed by atoms with Crippen LogP contribution in [0.2, 0.25) is 0 Å². The van der Waals surface area contributed by atoms with Gasteiger partial charge in [0, 0.05) is 38.0 Å². The molecule has 38 heavy (non-hydrogen) atoms. The topological polar surface area (TPSA) is 68.6 Å². The van der Waals surface area contributed by atoms with E-state index in [-0.39, 0.29) is 26.5 Å². The molecule has 0 unspecified atom stereocenters. The fourth-order valence-electron chi connectivity index (χ4n) is 3.74. The average Bonchev–Trinajstić information content (AvgIpc) is 3.33. The zero-order valence-corrected chi connectivity index (χ0v) is 22.5. The number of fused-ring (bicyclic) bond motifs is 1. The highest BCUT2D eigenvalue weighted by Crippen LogP contribution is 2.43. The van der Waals surface area contributed by atoms with Gasteiger partial charge in [0.2, 0.25) is 5.82 Å². The van der Waals surface area contributed by atoms with Crippen LogP contribution in [0.15, 0.2) is 76.8 Å². The minimum Gasteiger partial charge on any atom is -0.453 e. The van der Waals surface area contributed by atoms with E-state index in [0.717, 1.165) is 35.7 Å². The molecular weight excluding hydrogens is 537 g/mol. The van der Waals surface area contributed by atoms with Gasteiger partial charge in [-0.3, -0.25) is 4.79 Å². The second-order valence-electron chi connectivity index (χ2n) is 8.57. The van der Waals surface area contributed by atoms with Crippen LogP contribution in [-0.2, 0) is 10.0 Å². The molecule has 0 spiro atoms. The van der Waals surface area contributed by atoms with Crippen LogP contribution >= 0.6 is 11.8 Å². The molecule has 0 atom stereocenters. The smallest absolute Gasteiger partial charge is 0.268 e. The monoisotopic (exact) mass is 560 g/mol. The van der Waals surface area contributed by atoms with Crippen molar-refractivity contribution >= 4 is 38.5 Å². The van der Waals surface area contributed by atoms with E-state index < -0.39 is 44.5 Å². The highest BCUT2D eigenvalue weighted by Gasteiger charge is 2.28. The molecular formula is C27H23F3N2O4S2. The highest BCUT2D eigenvalue weighted by molar-refractivity contribution is 7.99. The quantitative estimate of drug-likeness (QED) is 0.142. The third-order valence-electron chi connectivity index (χ3n) is 5.63. The summed E-state index contributed by atoms with van der Waals surface area (Å²) in [6.07, 6.45) is 5.35. The number of nitrogens with zero attached hydrogens (tertiary/aromatic N) is 2. The average molecular weight is 561 g/mol. The largest absolute Gasteiger partial charge is 0.453 e. The van der Waals surface area contributed by atoms with Crippen molar-refractivity contribution in [3.63, 3.8) is 0 Å². The van der Waals surface area contributed by atoms with Crippen LogP contribution in [0.1, 0.15) is 15.9 Å².